The Morgan fingerprint density at radius 3 is 2.50 bits per heavy atom. The molecule has 4 heteroatoms. The smallest absolute Gasteiger partial charge is 0.101 e. The van der Waals surface area contributed by atoms with E-state index in [1.807, 2.05) is 17.5 Å². The van der Waals surface area contributed by atoms with Crippen LogP contribution in [0.25, 0.3) is 11.1 Å². The van der Waals surface area contributed by atoms with Crippen molar-refractivity contribution < 1.29 is 0 Å². The molecule has 0 saturated carbocycles. The fourth-order valence-corrected chi connectivity index (χ4v) is 2.24. The average molecular weight is 225 g/mol. The second-order valence-corrected chi connectivity index (χ2v) is 4.47. The molecule has 72 valence electrons. The third-order valence-corrected chi connectivity index (χ3v) is 3.16. The molecule has 0 bridgehead atoms. The van der Waals surface area contributed by atoms with E-state index in [1.54, 1.807) is 12.1 Å². The predicted octanol–water partition coefficient (Wildman–Crippen LogP) is 3.23. The largest absolute Gasteiger partial charge is 0.399 e. The molecule has 2 rings (SSSR count). The van der Waals surface area contributed by atoms with Crippen LogP contribution in [-0.2, 0) is 0 Å². The van der Waals surface area contributed by atoms with E-state index >= 15 is 0 Å². The zero-order valence-electron chi connectivity index (χ0n) is 7.33. The molecule has 0 radical (unpaired) electrons. The van der Waals surface area contributed by atoms with Gasteiger partial charge in [0.1, 0.15) is 4.34 Å². The fourth-order valence-electron chi connectivity index (χ4n) is 1.29. The Bertz CT molecular complexity index is 465. The van der Waals surface area contributed by atoms with Crippen LogP contribution in [0.5, 0.6) is 0 Å². The minimum atomic E-state index is 0.691. The summed E-state index contributed by atoms with van der Waals surface area (Å²) in [6.45, 7) is 0. The molecule has 0 amide bonds. The monoisotopic (exact) mass is 224 g/mol. The highest BCUT2D eigenvalue weighted by Gasteiger charge is 2.07. The number of rotatable bonds is 1. The molecule has 0 unspecified atom stereocenters. The molecule has 0 aliphatic carbocycles. The van der Waals surface area contributed by atoms with E-state index in [0.717, 1.165) is 15.5 Å². The van der Waals surface area contributed by atoms with Gasteiger partial charge >= 0.3 is 0 Å². The molecule has 0 spiro atoms. The molecule has 0 aliphatic heterocycles. The first kappa shape index (κ1) is 9.37. The Balaban J connectivity index is 2.62. The standard InChI is InChI=1S/C10H9ClN2S/c11-10-7(3-4-14-10)8-5-6(12)1-2-9(8)13/h1-5H,12-13H2. The van der Waals surface area contributed by atoms with Gasteiger partial charge in [0.25, 0.3) is 0 Å². The van der Waals surface area contributed by atoms with Gasteiger partial charge in [-0.2, -0.15) is 0 Å². The van der Waals surface area contributed by atoms with Crippen molar-refractivity contribution in [3.05, 3.63) is 34.0 Å². The molecule has 2 nitrogen and oxygen atoms in total. The number of thiophene rings is 1. The first-order valence-electron chi connectivity index (χ1n) is 4.07. The van der Waals surface area contributed by atoms with Crippen molar-refractivity contribution in [2.45, 2.75) is 0 Å². The molecule has 2 aromatic rings. The number of benzene rings is 1. The highest BCUT2D eigenvalue weighted by atomic mass is 35.5. The molecular formula is C10H9ClN2S. The Labute approximate surface area is 91.1 Å². The number of nitrogens with two attached hydrogens (primary N) is 2. The minimum absolute atomic E-state index is 0.691. The molecule has 1 heterocycles. The second-order valence-electron chi connectivity index (χ2n) is 2.95. The van der Waals surface area contributed by atoms with Crippen molar-refractivity contribution in [1.82, 2.24) is 0 Å². The van der Waals surface area contributed by atoms with Crippen LogP contribution in [0.2, 0.25) is 4.34 Å². The molecule has 0 atom stereocenters. The van der Waals surface area contributed by atoms with Gasteiger partial charge in [0, 0.05) is 22.5 Å². The summed E-state index contributed by atoms with van der Waals surface area (Å²) in [5.74, 6) is 0. The molecule has 1 aromatic carbocycles. The number of anilines is 2. The minimum Gasteiger partial charge on any atom is -0.399 e. The second kappa shape index (κ2) is 3.52. The van der Waals surface area contributed by atoms with Crippen LogP contribution in [0, 0.1) is 0 Å². The van der Waals surface area contributed by atoms with Crippen molar-refractivity contribution in [2.75, 3.05) is 11.5 Å². The number of hydrogen-bond donors (Lipinski definition) is 2. The summed E-state index contributed by atoms with van der Waals surface area (Å²) >= 11 is 7.50. The van der Waals surface area contributed by atoms with Gasteiger partial charge in [0.2, 0.25) is 0 Å². The quantitative estimate of drug-likeness (QED) is 0.731. The van der Waals surface area contributed by atoms with Crippen LogP contribution < -0.4 is 11.5 Å². The molecule has 0 aliphatic rings. The highest BCUT2D eigenvalue weighted by molar-refractivity contribution is 7.15. The maximum absolute atomic E-state index is 6.02. The van der Waals surface area contributed by atoms with Gasteiger partial charge in [-0.1, -0.05) is 11.6 Å². The summed E-state index contributed by atoms with van der Waals surface area (Å²) in [4.78, 5) is 0. The molecule has 4 N–H and O–H groups in total. The highest BCUT2D eigenvalue weighted by Crippen LogP contribution is 2.36. The van der Waals surface area contributed by atoms with Gasteiger partial charge in [0.15, 0.2) is 0 Å². The van der Waals surface area contributed by atoms with Gasteiger partial charge in [-0.3, -0.25) is 0 Å². The van der Waals surface area contributed by atoms with E-state index < -0.39 is 0 Å². The van der Waals surface area contributed by atoms with E-state index in [0.29, 0.717) is 11.4 Å². The predicted molar refractivity (Wildman–Crippen MR) is 63.6 cm³/mol. The summed E-state index contributed by atoms with van der Waals surface area (Å²) in [6, 6.07) is 7.35. The molecular weight excluding hydrogens is 216 g/mol. The molecule has 1 aromatic heterocycles. The number of halogens is 1. The normalized spacial score (nSPS) is 10.4. The third-order valence-electron chi connectivity index (χ3n) is 1.99. The average Bonchev–Trinajstić information content (AvgIpc) is 2.56. The SMILES string of the molecule is Nc1ccc(N)c(-c2ccsc2Cl)c1. The molecule has 14 heavy (non-hydrogen) atoms. The maximum Gasteiger partial charge on any atom is 0.101 e. The van der Waals surface area contributed by atoms with Gasteiger partial charge in [-0.25, -0.2) is 0 Å². The van der Waals surface area contributed by atoms with Gasteiger partial charge < -0.3 is 11.5 Å². The summed E-state index contributed by atoms with van der Waals surface area (Å²) in [7, 11) is 0. The Kier molecular flexibility index (Phi) is 2.35. The van der Waals surface area contributed by atoms with Crippen molar-refractivity contribution in [3.8, 4) is 11.1 Å². The van der Waals surface area contributed by atoms with Crippen LogP contribution in [0.15, 0.2) is 29.6 Å². The number of hydrogen-bond acceptors (Lipinski definition) is 3. The first-order valence-corrected chi connectivity index (χ1v) is 5.32. The number of nitrogen functional groups attached to an aromatic ring is 2. The Morgan fingerprint density at radius 2 is 1.86 bits per heavy atom. The zero-order chi connectivity index (χ0) is 10.1. The van der Waals surface area contributed by atoms with Gasteiger partial charge in [-0.05, 0) is 29.6 Å². The molecule has 0 saturated heterocycles. The van der Waals surface area contributed by atoms with E-state index in [1.165, 1.54) is 11.3 Å². The van der Waals surface area contributed by atoms with Crippen molar-refractivity contribution >= 4 is 34.3 Å². The van der Waals surface area contributed by atoms with Crippen LogP contribution >= 0.6 is 22.9 Å². The van der Waals surface area contributed by atoms with Crippen molar-refractivity contribution in [3.63, 3.8) is 0 Å². The Hall–Kier alpha value is -1.19. The Morgan fingerprint density at radius 1 is 1.07 bits per heavy atom. The van der Waals surface area contributed by atoms with E-state index in [9.17, 15) is 0 Å². The van der Waals surface area contributed by atoms with Gasteiger partial charge in [-0.15, -0.1) is 11.3 Å². The topological polar surface area (TPSA) is 52.0 Å². The third kappa shape index (κ3) is 1.56. The van der Waals surface area contributed by atoms with Crippen molar-refractivity contribution in [2.24, 2.45) is 0 Å². The summed E-state index contributed by atoms with van der Waals surface area (Å²) < 4.78 is 0.738. The lowest BCUT2D eigenvalue weighted by atomic mass is 10.1. The van der Waals surface area contributed by atoms with E-state index in [-0.39, 0.29) is 0 Å². The van der Waals surface area contributed by atoms with Crippen LogP contribution in [0.1, 0.15) is 0 Å². The van der Waals surface area contributed by atoms with Gasteiger partial charge in [0.05, 0.1) is 0 Å². The fraction of sp³-hybridized carbons (Fsp3) is 0. The lowest BCUT2D eigenvalue weighted by molar-refractivity contribution is 1.64. The summed E-state index contributed by atoms with van der Waals surface area (Å²) in [5.41, 5.74) is 14.8. The maximum atomic E-state index is 6.02. The summed E-state index contributed by atoms with van der Waals surface area (Å²) in [6.07, 6.45) is 0. The van der Waals surface area contributed by atoms with Crippen LogP contribution in [0.4, 0.5) is 11.4 Å². The first-order chi connectivity index (χ1) is 6.68. The van der Waals surface area contributed by atoms with Crippen LogP contribution in [0.3, 0.4) is 0 Å². The lowest BCUT2D eigenvalue weighted by Crippen LogP contribution is -1.92. The summed E-state index contributed by atoms with van der Waals surface area (Å²) in [5, 5.41) is 1.93. The van der Waals surface area contributed by atoms with Crippen molar-refractivity contribution in [1.29, 1.82) is 0 Å². The van der Waals surface area contributed by atoms with E-state index in [2.05, 4.69) is 0 Å². The molecule has 0 fully saturated rings. The van der Waals surface area contributed by atoms with E-state index in [4.69, 9.17) is 23.1 Å². The lowest BCUT2D eigenvalue weighted by Gasteiger charge is -2.05. The zero-order valence-corrected chi connectivity index (χ0v) is 8.90. The van der Waals surface area contributed by atoms with Crippen LogP contribution in [-0.4, -0.2) is 0 Å².